The van der Waals surface area contributed by atoms with Gasteiger partial charge in [-0.05, 0) is 19.3 Å². The van der Waals surface area contributed by atoms with Crippen LogP contribution >= 0.6 is 0 Å². The third kappa shape index (κ3) is 21.1. The molecule has 0 aromatic carbocycles. The average molecular weight is 246 g/mol. The van der Waals surface area contributed by atoms with Gasteiger partial charge in [0.1, 0.15) is 6.09 Å². The average Bonchev–Trinajstić information content (AvgIpc) is 2.27. The molecule has 1 amide bonds. The zero-order chi connectivity index (χ0) is 13.5. The van der Waals surface area contributed by atoms with Crippen molar-refractivity contribution in [2.45, 2.75) is 59.3 Å². The van der Waals surface area contributed by atoms with Gasteiger partial charge in [-0.3, -0.25) is 0 Å². The molecule has 17 heavy (non-hydrogen) atoms. The Hall–Kier alpha value is -0.770. The summed E-state index contributed by atoms with van der Waals surface area (Å²) in [6, 6.07) is 0. The fourth-order valence-electron chi connectivity index (χ4n) is 1.66. The van der Waals surface area contributed by atoms with E-state index >= 15 is 0 Å². The number of hydrogen-bond acceptors (Lipinski definition) is 2. The Bertz CT molecular complexity index is 140. The molecular formula is C13H30N2O2. The molecule has 3 N–H and O–H groups in total. The molecule has 0 radical (unpaired) electrons. The second kappa shape index (κ2) is 15.2. The van der Waals surface area contributed by atoms with Gasteiger partial charge in [-0.2, -0.15) is 0 Å². The van der Waals surface area contributed by atoms with Crippen LogP contribution in [0.5, 0.6) is 0 Å². The first kappa shape index (κ1) is 18.6. The van der Waals surface area contributed by atoms with Crippen LogP contribution in [0.3, 0.4) is 0 Å². The van der Waals surface area contributed by atoms with Gasteiger partial charge in [0.25, 0.3) is 0 Å². The Morgan fingerprint density at radius 3 is 1.35 bits per heavy atom. The Morgan fingerprint density at radius 1 is 0.941 bits per heavy atom. The van der Waals surface area contributed by atoms with Crippen molar-refractivity contribution in [3.05, 3.63) is 0 Å². The summed E-state index contributed by atoms with van der Waals surface area (Å²) in [5, 5.41) is 8.67. The lowest BCUT2D eigenvalue weighted by Crippen LogP contribution is -3.12. The molecule has 0 saturated carbocycles. The van der Waals surface area contributed by atoms with E-state index in [9.17, 15) is 0 Å². The summed E-state index contributed by atoms with van der Waals surface area (Å²) < 4.78 is 0. The van der Waals surface area contributed by atoms with E-state index in [1.54, 1.807) is 0 Å². The van der Waals surface area contributed by atoms with Crippen molar-refractivity contribution in [2.24, 2.45) is 5.73 Å². The van der Waals surface area contributed by atoms with Crippen molar-refractivity contribution in [3.8, 4) is 0 Å². The standard InChI is InChI=1S/C12H27N.CH3NO2/c1-4-7-10-13(11-8-5-2)12-9-6-3;2-1(3)4/h4-12H2,1-3H3;2H2,(H,3,4). The highest BCUT2D eigenvalue weighted by Gasteiger charge is 2.05. The van der Waals surface area contributed by atoms with Crippen LogP contribution in [0, 0.1) is 0 Å². The van der Waals surface area contributed by atoms with E-state index < -0.39 is 6.09 Å². The second-order valence-corrected chi connectivity index (χ2v) is 4.38. The fraction of sp³-hybridized carbons (Fsp3) is 0.923. The van der Waals surface area contributed by atoms with Gasteiger partial charge < -0.3 is 20.5 Å². The molecule has 0 heterocycles. The molecule has 0 bridgehead atoms. The van der Waals surface area contributed by atoms with E-state index in [0.717, 1.165) is 0 Å². The molecule has 0 aromatic heterocycles. The Morgan fingerprint density at radius 2 is 1.18 bits per heavy atom. The molecule has 104 valence electrons. The molecule has 0 spiro atoms. The lowest BCUT2D eigenvalue weighted by Gasteiger charge is -2.18. The summed E-state index contributed by atoms with van der Waals surface area (Å²) >= 11 is 0. The van der Waals surface area contributed by atoms with Gasteiger partial charge in [-0.15, -0.1) is 0 Å². The summed E-state index contributed by atoms with van der Waals surface area (Å²) in [5.41, 5.74) is 3.92. The number of amides is 1. The van der Waals surface area contributed by atoms with Crippen molar-refractivity contribution in [3.63, 3.8) is 0 Å². The second-order valence-electron chi connectivity index (χ2n) is 4.38. The molecule has 0 rings (SSSR count). The monoisotopic (exact) mass is 246 g/mol. The number of quaternary nitrogens is 1. The van der Waals surface area contributed by atoms with E-state index in [-0.39, 0.29) is 0 Å². The molecular weight excluding hydrogens is 216 g/mol. The van der Waals surface area contributed by atoms with Gasteiger partial charge in [-0.1, -0.05) is 40.0 Å². The normalized spacial score (nSPS) is 9.88. The molecule has 0 aromatic rings. The van der Waals surface area contributed by atoms with Crippen LogP contribution in [0.1, 0.15) is 59.3 Å². The van der Waals surface area contributed by atoms with E-state index in [4.69, 9.17) is 9.90 Å². The van der Waals surface area contributed by atoms with Crippen LogP contribution in [0.25, 0.3) is 0 Å². The van der Waals surface area contributed by atoms with Crippen LogP contribution in [0.15, 0.2) is 0 Å². The zero-order valence-corrected chi connectivity index (χ0v) is 11.8. The molecule has 0 aliphatic carbocycles. The number of nitrogens with one attached hydrogen (secondary N) is 1. The Labute approximate surface area is 106 Å². The molecule has 0 atom stereocenters. The minimum atomic E-state index is -1.58. The number of primary amides is 1. The quantitative estimate of drug-likeness (QED) is 0.624. The van der Waals surface area contributed by atoms with Gasteiger partial charge in [0.2, 0.25) is 0 Å². The summed E-state index contributed by atoms with van der Waals surface area (Å²) in [7, 11) is 0. The Kier molecular flexibility index (Phi) is 16.7. The number of carbonyl (C=O) groups is 1. The van der Waals surface area contributed by atoms with Crippen LogP contribution in [0.4, 0.5) is 4.79 Å². The highest BCUT2D eigenvalue weighted by Crippen LogP contribution is 1.85. The van der Waals surface area contributed by atoms with Gasteiger partial charge in [0.05, 0.1) is 19.6 Å². The van der Waals surface area contributed by atoms with Crippen LogP contribution in [-0.4, -0.2) is 25.7 Å². The summed E-state index contributed by atoms with van der Waals surface area (Å²) in [4.78, 5) is 10.5. The summed E-state index contributed by atoms with van der Waals surface area (Å²) in [5.74, 6) is 0. The van der Waals surface area contributed by atoms with Crippen molar-refractivity contribution >= 4 is 6.09 Å². The van der Waals surface area contributed by atoms with Crippen molar-refractivity contribution in [2.75, 3.05) is 19.6 Å². The van der Waals surface area contributed by atoms with Crippen LogP contribution in [0.2, 0.25) is 0 Å². The van der Waals surface area contributed by atoms with E-state index in [1.165, 1.54) is 58.2 Å². The summed E-state index contributed by atoms with van der Waals surface area (Å²) in [6.45, 7) is 11.1. The minimum Gasteiger partial charge on any atom is -0.530 e. The lowest BCUT2D eigenvalue weighted by atomic mass is 10.2. The van der Waals surface area contributed by atoms with E-state index in [0.29, 0.717) is 0 Å². The maximum atomic E-state index is 8.67. The number of hydrogen-bond donors (Lipinski definition) is 2. The van der Waals surface area contributed by atoms with Gasteiger partial charge >= 0.3 is 0 Å². The van der Waals surface area contributed by atoms with Gasteiger partial charge in [0, 0.05) is 0 Å². The molecule has 0 aliphatic heterocycles. The first-order chi connectivity index (χ1) is 8.08. The third-order valence-corrected chi connectivity index (χ3v) is 2.65. The number of rotatable bonds is 9. The minimum absolute atomic E-state index is 1.35. The predicted octanol–water partition coefficient (Wildman–Crippen LogP) is 0.560. The number of unbranched alkanes of at least 4 members (excludes halogenated alkanes) is 3. The molecule has 4 heteroatoms. The first-order valence-corrected chi connectivity index (χ1v) is 6.88. The molecule has 4 nitrogen and oxygen atoms in total. The largest absolute Gasteiger partial charge is 0.530 e. The van der Waals surface area contributed by atoms with Crippen LogP contribution in [-0.2, 0) is 0 Å². The number of carbonyl (C=O) groups excluding carboxylic acids is 1. The lowest BCUT2D eigenvalue weighted by molar-refractivity contribution is -0.900. The van der Waals surface area contributed by atoms with Crippen molar-refractivity contribution < 1.29 is 14.8 Å². The molecule has 0 aliphatic rings. The molecule has 0 fully saturated rings. The first-order valence-electron chi connectivity index (χ1n) is 6.88. The number of carboxylic acid groups (broad SMARTS) is 1. The topological polar surface area (TPSA) is 70.6 Å². The summed E-state index contributed by atoms with van der Waals surface area (Å²) in [6.07, 6.45) is 6.68. The SMILES string of the molecule is CCCC[NH+](CCCC)CCCC.NC(=O)[O-]. The number of nitrogens with two attached hydrogens (primary N) is 1. The smallest absolute Gasteiger partial charge is 0.131 e. The zero-order valence-electron chi connectivity index (χ0n) is 11.8. The molecule has 0 unspecified atom stereocenters. The highest BCUT2D eigenvalue weighted by molar-refractivity contribution is 5.58. The van der Waals surface area contributed by atoms with Crippen molar-refractivity contribution in [1.82, 2.24) is 0 Å². The van der Waals surface area contributed by atoms with E-state index in [1.807, 2.05) is 4.90 Å². The van der Waals surface area contributed by atoms with Gasteiger partial charge in [-0.25, -0.2) is 0 Å². The van der Waals surface area contributed by atoms with E-state index in [2.05, 4.69) is 26.5 Å². The van der Waals surface area contributed by atoms with Crippen LogP contribution < -0.4 is 15.7 Å². The molecule has 0 saturated heterocycles. The maximum Gasteiger partial charge on any atom is 0.131 e. The Balaban J connectivity index is 0. The fourth-order valence-corrected chi connectivity index (χ4v) is 1.66. The predicted molar refractivity (Wildman–Crippen MR) is 69.9 cm³/mol. The third-order valence-electron chi connectivity index (χ3n) is 2.65. The van der Waals surface area contributed by atoms with Crippen molar-refractivity contribution in [1.29, 1.82) is 0 Å². The highest BCUT2D eigenvalue weighted by atomic mass is 16.4. The van der Waals surface area contributed by atoms with Gasteiger partial charge in [0.15, 0.2) is 0 Å². The maximum absolute atomic E-state index is 8.67.